The summed E-state index contributed by atoms with van der Waals surface area (Å²) in [6.07, 6.45) is 8.41. The fraction of sp³-hybridized carbons (Fsp3) is 0.400. The number of carbonyl (C=O) groups excluding carboxylic acids is 1. The lowest BCUT2D eigenvalue weighted by Crippen LogP contribution is -2.26. The highest BCUT2D eigenvalue weighted by atomic mass is 19.1. The molecule has 1 aliphatic heterocycles. The van der Waals surface area contributed by atoms with E-state index in [-0.39, 0.29) is 17.5 Å². The average Bonchev–Trinajstić information content (AvgIpc) is 3.52. The second kappa shape index (κ2) is 8.94. The van der Waals surface area contributed by atoms with Crippen molar-refractivity contribution < 1.29 is 13.9 Å². The molecular weight excluding hydrogens is 421 g/mol. The van der Waals surface area contributed by atoms with Crippen LogP contribution in [0.5, 0.6) is 0 Å². The molecule has 0 saturated heterocycles. The zero-order valence-electron chi connectivity index (χ0n) is 18.9. The van der Waals surface area contributed by atoms with Gasteiger partial charge in [-0.15, -0.1) is 0 Å². The molecule has 0 radical (unpaired) electrons. The third-order valence-electron chi connectivity index (χ3n) is 5.88. The van der Waals surface area contributed by atoms with E-state index in [0.717, 1.165) is 42.8 Å². The number of benzene rings is 1. The van der Waals surface area contributed by atoms with Gasteiger partial charge < -0.3 is 15.4 Å². The molecule has 2 aromatic heterocycles. The summed E-state index contributed by atoms with van der Waals surface area (Å²) >= 11 is 0. The van der Waals surface area contributed by atoms with Crippen LogP contribution in [0.2, 0.25) is 0 Å². The van der Waals surface area contributed by atoms with Gasteiger partial charge in [0.1, 0.15) is 5.82 Å². The molecule has 2 N–H and O–H groups in total. The van der Waals surface area contributed by atoms with Crippen LogP contribution in [0.4, 0.5) is 10.2 Å². The molecule has 7 nitrogen and oxygen atoms in total. The van der Waals surface area contributed by atoms with Crippen LogP contribution >= 0.6 is 0 Å². The van der Waals surface area contributed by atoms with E-state index in [0.29, 0.717) is 36.2 Å². The fourth-order valence-electron chi connectivity index (χ4n) is 3.89. The Morgan fingerprint density at radius 3 is 2.88 bits per heavy atom. The number of aromatic nitrogens is 3. The minimum absolute atomic E-state index is 0.0634. The maximum atomic E-state index is 14.9. The number of rotatable bonds is 7. The lowest BCUT2D eigenvalue weighted by atomic mass is 10.1. The normalized spacial score (nSPS) is 16.2. The van der Waals surface area contributed by atoms with Crippen LogP contribution in [0, 0.1) is 11.7 Å². The van der Waals surface area contributed by atoms with E-state index in [1.54, 1.807) is 18.3 Å². The Kier molecular flexibility index (Phi) is 5.85. The minimum Gasteiger partial charge on any atom is -0.377 e. The molecular formula is C25H28FN5O2. The number of amides is 1. The second-order valence-electron chi connectivity index (χ2n) is 9.08. The molecule has 3 aromatic rings. The molecule has 1 aliphatic carbocycles. The number of fused-ring (bicyclic) bond motifs is 1. The first-order valence-corrected chi connectivity index (χ1v) is 11.5. The van der Waals surface area contributed by atoms with Crippen molar-refractivity contribution in [2.45, 2.75) is 39.2 Å². The largest absolute Gasteiger partial charge is 0.377 e. The van der Waals surface area contributed by atoms with Crippen LogP contribution in [-0.4, -0.2) is 46.1 Å². The fourth-order valence-corrected chi connectivity index (χ4v) is 3.89. The summed E-state index contributed by atoms with van der Waals surface area (Å²) in [6, 6.07) is 4.89. The Bertz CT molecular complexity index is 1230. The maximum absolute atomic E-state index is 14.9. The minimum atomic E-state index is -0.542. The van der Waals surface area contributed by atoms with Crippen LogP contribution < -0.4 is 10.6 Å². The second-order valence-corrected chi connectivity index (χ2v) is 9.08. The number of nitrogens with one attached hydrogen (secondary N) is 2. The number of ether oxygens (including phenoxy) is 1. The van der Waals surface area contributed by atoms with E-state index in [1.807, 2.05) is 16.7 Å². The van der Waals surface area contributed by atoms with Gasteiger partial charge in [-0.25, -0.2) is 14.4 Å². The third kappa shape index (κ3) is 4.61. The number of halogens is 1. The highest BCUT2D eigenvalue weighted by Crippen LogP contribution is 2.29. The summed E-state index contributed by atoms with van der Waals surface area (Å²) in [7, 11) is 0. The Morgan fingerprint density at radius 2 is 2.18 bits per heavy atom. The lowest BCUT2D eigenvalue weighted by molar-refractivity contribution is 0.0947. The van der Waals surface area contributed by atoms with Gasteiger partial charge in [-0.3, -0.25) is 9.20 Å². The van der Waals surface area contributed by atoms with E-state index < -0.39 is 5.82 Å². The summed E-state index contributed by atoms with van der Waals surface area (Å²) in [5, 5.41) is 6.25. The van der Waals surface area contributed by atoms with Crippen molar-refractivity contribution in [3.63, 3.8) is 0 Å². The van der Waals surface area contributed by atoms with Crippen LogP contribution in [-0.2, 0) is 4.74 Å². The Labute approximate surface area is 192 Å². The van der Waals surface area contributed by atoms with Gasteiger partial charge in [-0.2, -0.15) is 0 Å². The molecule has 0 spiro atoms. The van der Waals surface area contributed by atoms with Gasteiger partial charge in [0.15, 0.2) is 11.5 Å². The topological polar surface area (TPSA) is 80.5 Å². The monoisotopic (exact) mass is 449 g/mol. The molecule has 5 rings (SSSR count). The molecule has 1 aromatic carbocycles. The zero-order valence-corrected chi connectivity index (χ0v) is 18.9. The van der Waals surface area contributed by atoms with Crippen molar-refractivity contribution in [2.24, 2.45) is 5.92 Å². The van der Waals surface area contributed by atoms with Crippen molar-refractivity contribution in [1.29, 1.82) is 0 Å². The van der Waals surface area contributed by atoms with Crippen molar-refractivity contribution in [3.05, 3.63) is 53.7 Å². The van der Waals surface area contributed by atoms with Gasteiger partial charge in [0.25, 0.3) is 5.91 Å². The van der Waals surface area contributed by atoms with Gasteiger partial charge in [0, 0.05) is 24.3 Å². The SMILES string of the molecule is CC(C)CNc1nc(C2=CCOCC2)cn2c(-c3ccc(C(=O)NC4CC4)c(F)c3)cnc12. The first-order valence-electron chi connectivity index (χ1n) is 11.5. The quantitative estimate of drug-likeness (QED) is 0.562. The van der Waals surface area contributed by atoms with Crippen LogP contribution in [0.15, 0.2) is 36.7 Å². The number of hydrogen-bond donors (Lipinski definition) is 2. The van der Waals surface area contributed by atoms with Gasteiger partial charge in [0.2, 0.25) is 0 Å². The molecule has 1 fully saturated rings. The van der Waals surface area contributed by atoms with E-state index >= 15 is 0 Å². The highest BCUT2D eigenvalue weighted by molar-refractivity contribution is 5.95. The van der Waals surface area contributed by atoms with Crippen molar-refractivity contribution in [2.75, 3.05) is 25.1 Å². The average molecular weight is 450 g/mol. The number of carbonyl (C=O) groups is 1. The molecule has 3 heterocycles. The van der Waals surface area contributed by atoms with Gasteiger partial charge in [-0.05, 0) is 42.9 Å². The predicted molar refractivity (Wildman–Crippen MR) is 126 cm³/mol. The first-order chi connectivity index (χ1) is 16.0. The zero-order chi connectivity index (χ0) is 22.9. The molecule has 0 bridgehead atoms. The Morgan fingerprint density at radius 1 is 1.33 bits per heavy atom. The van der Waals surface area contributed by atoms with Crippen LogP contribution in [0.1, 0.15) is 49.2 Å². The Balaban J connectivity index is 1.55. The molecule has 2 aliphatic rings. The summed E-state index contributed by atoms with van der Waals surface area (Å²) in [5.74, 6) is 0.231. The first kappa shape index (κ1) is 21.6. The standard InChI is InChI=1S/C25H28FN5O2/c1-15(2)12-27-23-24-28-13-22(31(24)14-21(30-23)16-7-9-33-10-8-16)17-3-6-19(20(26)11-17)25(32)29-18-4-5-18/h3,6-7,11,13-15,18H,4-5,8-10,12H2,1-2H3,(H,27,30)(H,29,32). The predicted octanol–water partition coefficient (Wildman–Crippen LogP) is 4.30. The Hall–Kier alpha value is -3.26. The number of hydrogen-bond acceptors (Lipinski definition) is 5. The number of nitrogens with zero attached hydrogens (tertiary/aromatic N) is 3. The van der Waals surface area contributed by atoms with Gasteiger partial charge in [-0.1, -0.05) is 26.0 Å². The summed E-state index contributed by atoms with van der Waals surface area (Å²) in [6.45, 7) is 6.25. The molecule has 8 heteroatoms. The van der Waals surface area contributed by atoms with E-state index in [1.165, 1.54) is 6.07 Å². The number of anilines is 1. The van der Waals surface area contributed by atoms with Crippen molar-refractivity contribution >= 4 is 22.9 Å². The third-order valence-corrected chi connectivity index (χ3v) is 5.88. The smallest absolute Gasteiger partial charge is 0.254 e. The van der Waals surface area contributed by atoms with E-state index in [2.05, 4.69) is 29.5 Å². The molecule has 1 saturated carbocycles. The molecule has 33 heavy (non-hydrogen) atoms. The van der Waals surface area contributed by atoms with Crippen LogP contribution in [0.3, 0.4) is 0 Å². The number of imidazole rings is 1. The van der Waals surface area contributed by atoms with Crippen molar-refractivity contribution in [1.82, 2.24) is 19.7 Å². The van der Waals surface area contributed by atoms with E-state index in [9.17, 15) is 9.18 Å². The van der Waals surface area contributed by atoms with Gasteiger partial charge in [0.05, 0.1) is 36.4 Å². The summed E-state index contributed by atoms with van der Waals surface area (Å²) in [4.78, 5) is 21.7. The van der Waals surface area contributed by atoms with E-state index in [4.69, 9.17) is 9.72 Å². The summed E-state index contributed by atoms with van der Waals surface area (Å²) < 4.78 is 22.3. The lowest BCUT2D eigenvalue weighted by Gasteiger charge is -2.16. The van der Waals surface area contributed by atoms with Crippen molar-refractivity contribution in [3.8, 4) is 11.3 Å². The molecule has 0 atom stereocenters. The molecule has 172 valence electrons. The maximum Gasteiger partial charge on any atom is 0.254 e. The summed E-state index contributed by atoms with van der Waals surface area (Å²) in [5.41, 5.74) is 4.09. The highest BCUT2D eigenvalue weighted by Gasteiger charge is 2.25. The molecule has 1 amide bonds. The van der Waals surface area contributed by atoms with Crippen LogP contribution in [0.25, 0.3) is 22.5 Å². The van der Waals surface area contributed by atoms with Gasteiger partial charge >= 0.3 is 0 Å². The molecule has 0 unspecified atom stereocenters.